The third kappa shape index (κ3) is 3.92. The van der Waals surface area contributed by atoms with Gasteiger partial charge in [0.2, 0.25) is 0 Å². The minimum Gasteiger partial charge on any atom is -0.435 e. The van der Waals surface area contributed by atoms with Gasteiger partial charge in [-0.2, -0.15) is 8.78 Å². The van der Waals surface area contributed by atoms with Crippen LogP contribution in [0.2, 0.25) is 0 Å². The Morgan fingerprint density at radius 3 is 2.38 bits per heavy atom. The Hall–Kier alpha value is -3.40. The Morgan fingerprint density at radius 2 is 1.83 bits per heavy atom. The van der Waals surface area contributed by atoms with Gasteiger partial charge in [0.25, 0.3) is 5.91 Å². The number of guanidine groups is 1. The second kappa shape index (κ2) is 7.92. The zero-order valence-electron chi connectivity index (χ0n) is 16.3. The van der Waals surface area contributed by atoms with Crippen LogP contribution in [-0.4, -0.2) is 30.4 Å². The predicted molar refractivity (Wildman–Crippen MR) is 106 cm³/mol. The first-order valence-corrected chi connectivity index (χ1v) is 9.05. The molecular formula is C22H21F2N3O2. The molecule has 1 aliphatic heterocycles. The van der Waals surface area contributed by atoms with Crippen molar-refractivity contribution in [1.82, 2.24) is 4.90 Å². The molecule has 7 heteroatoms. The van der Waals surface area contributed by atoms with Crippen molar-refractivity contribution in [1.29, 1.82) is 0 Å². The lowest BCUT2D eigenvalue weighted by Gasteiger charge is -2.26. The van der Waals surface area contributed by atoms with Crippen molar-refractivity contribution >= 4 is 11.9 Å². The number of carbonyl (C=O) groups excluding carboxylic acids is 1. The molecule has 0 fully saturated rings. The van der Waals surface area contributed by atoms with E-state index in [1.165, 1.54) is 29.2 Å². The lowest BCUT2D eigenvalue weighted by molar-refractivity contribution is -0.129. The predicted octanol–water partition coefficient (Wildman–Crippen LogP) is 3.33. The number of ether oxygens (including phenoxy) is 1. The van der Waals surface area contributed by atoms with Gasteiger partial charge in [-0.1, -0.05) is 50.0 Å². The van der Waals surface area contributed by atoms with Gasteiger partial charge in [-0.05, 0) is 35.4 Å². The number of likely N-dealkylation sites (N-methyl/N-ethyl adjacent to an activating group) is 1. The average molecular weight is 397 g/mol. The Morgan fingerprint density at radius 1 is 1.14 bits per heavy atom. The molecule has 1 heterocycles. The van der Waals surface area contributed by atoms with E-state index < -0.39 is 12.2 Å². The summed E-state index contributed by atoms with van der Waals surface area (Å²) in [5.41, 5.74) is 6.36. The normalized spacial score (nSPS) is 18.7. The molecule has 2 N–H and O–H groups in total. The number of aliphatic imine (C=N–C) groups is 1. The van der Waals surface area contributed by atoms with E-state index in [0.29, 0.717) is 11.1 Å². The number of alkyl halides is 2. The molecule has 0 spiro atoms. The Balaban J connectivity index is 2.14. The van der Waals surface area contributed by atoms with E-state index in [4.69, 9.17) is 5.73 Å². The molecule has 1 atom stereocenters. The van der Waals surface area contributed by atoms with Gasteiger partial charge in [-0.3, -0.25) is 9.69 Å². The van der Waals surface area contributed by atoms with Crippen LogP contribution in [0.1, 0.15) is 30.5 Å². The van der Waals surface area contributed by atoms with Crippen LogP contribution in [0, 0.1) is 17.8 Å². The molecule has 0 radical (unpaired) electrons. The van der Waals surface area contributed by atoms with Gasteiger partial charge in [-0.15, -0.1) is 0 Å². The molecule has 2 aromatic carbocycles. The number of rotatable bonds is 4. The molecule has 1 aliphatic rings. The van der Waals surface area contributed by atoms with Gasteiger partial charge in [0.1, 0.15) is 5.75 Å². The molecule has 150 valence electrons. The summed E-state index contributed by atoms with van der Waals surface area (Å²) in [6.07, 6.45) is 0. The number of amides is 1. The second-order valence-electron chi connectivity index (χ2n) is 6.95. The summed E-state index contributed by atoms with van der Waals surface area (Å²) < 4.78 is 29.3. The quantitative estimate of drug-likeness (QED) is 0.805. The number of hydrogen-bond acceptors (Lipinski definition) is 4. The van der Waals surface area contributed by atoms with E-state index in [2.05, 4.69) is 21.6 Å². The third-order valence-electron chi connectivity index (χ3n) is 4.52. The van der Waals surface area contributed by atoms with Gasteiger partial charge in [0.05, 0.1) is 0 Å². The van der Waals surface area contributed by atoms with Crippen LogP contribution in [0.3, 0.4) is 0 Å². The number of nitrogens with two attached hydrogens (primary N) is 1. The zero-order chi connectivity index (χ0) is 21.2. The Kier molecular flexibility index (Phi) is 5.55. The number of halogens is 2. The highest BCUT2D eigenvalue weighted by atomic mass is 19.3. The van der Waals surface area contributed by atoms with E-state index >= 15 is 0 Å². The fourth-order valence-electron chi connectivity index (χ4n) is 3.11. The zero-order valence-corrected chi connectivity index (χ0v) is 16.3. The molecule has 1 amide bonds. The number of nitrogens with zero attached hydrogens (tertiary/aromatic N) is 2. The summed E-state index contributed by atoms with van der Waals surface area (Å²) in [5.74, 6) is 6.10. The first-order valence-electron chi connectivity index (χ1n) is 9.05. The maximum atomic E-state index is 13.2. The molecular weight excluding hydrogens is 376 g/mol. The molecule has 5 nitrogen and oxygen atoms in total. The smallest absolute Gasteiger partial charge is 0.387 e. The van der Waals surface area contributed by atoms with Crippen molar-refractivity contribution in [2.45, 2.75) is 26.0 Å². The highest BCUT2D eigenvalue weighted by molar-refractivity contribution is 6.08. The van der Waals surface area contributed by atoms with E-state index in [1.54, 1.807) is 25.2 Å². The van der Waals surface area contributed by atoms with Crippen LogP contribution >= 0.6 is 0 Å². The summed E-state index contributed by atoms with van der Waals surface area (Å²) in [5, 5.41) is 0. The second-order valence-corrected chi connectivity index (χ2v) is 6.95. The van der Waals surface area contributed by atoms with Crippen molar-refractivity contribution in [3.05, 3.63) is 65.2 Å². The van der Waals surface area contributed by atoms with Crippen molar-refractivity contribution in [3.63, 3.8) is 0 Å². The van der Waals surface area contributed by atoms with Crippen LogP contribution in [0.5, 0.6) is 5.75 Å². The molecule has 0 aromatic heterocycles. The van der Waals surface area contributed by atoms with Crippen molar-refractivity contribution in [2.24, 2.45) is 16.6 Å². The van der Waals surface area contributed by atoms with Gasteiger partial charge < -0.3 is 10.5 Å². The first-order chi connectivity index (χ1) is 13.7. The molecule has 0 aliphatic carbocycles. The van der Waals surface area contributed by atoms with Crippen LogP contribution in [0.15, 0.2) is 53.5 Å². The molecule has 29 heavy (non-hydrogen) atoms. The minimum absolute atomic E-state index is 0.00815. The van der Waals surface area contributed by atoms with Gasteiger partial charge in [0, 0.05) is 18.5 Å². The van der Waals surface area contributed by atoms with E-state index in [9.17, 15) is 13.6 Å². The summed E-state index contributed by atoms with van der Waals surface area (Å²) >= 11 is 0. The SMILES string of the molecule is CC(C)C#Cc1cccc([C@]2(c3ccc(OC(F)F)cc3)N=C(N)N(C)C2=O)c1. The van der Waals surface area contributed by atoms with Crippen LogP contribution in [0.25, 0.3) is 0 Å². The Bertz CT molecular complexity index is 1010. The first kappa shape index (κ1) is 20.3. The molecule has 0 unspecified atom stereocenters. The van der Waals surface area contributed by atoms with Crippen LogP contribution < -0.4 is 10.5 Å². The summed E-state index contributed by atoms with van der Waals surface area (Å²) in [7, 11) is 1.54. The van der Waals surface area contributed by atoms with Gasteiger partial charge >= 0.3 is 6.61 Å². The van der Waals surface area contributed by atoms with E-state index in [1.807, 2.05) is 19.9 Å². The number of hydrogen-bond donors (Lipinski definition) is 1. The average Bonchev–Trinajstić information content (AvgIpc) is 2.92. The summed E-state index contributed by atoms with van der Waals surface area (Å²) in [6.45, 7) is 1.04. The highest BCUT2D eigenvalue weighted by Crippen LogP contribution is 2.40. The van der Waals surface area contributed by atoms with Crippen molar-refractivity contribution in [3.8, 4) is 17.6 Å². The highest BCUT2D eigenvalue weighted by Gasteiger charge is 2.49. The number of carbonyl (C=O) groups is 1. The van der Waals surface area contributed by atoms with Crippen molar-refractivity contribution < 1.29 is 18.3 Å². The van der Waals surface area contributed by atoms with Crippen LogP contribution in [0.4, 0.5) is 8.78 Å². The molecule has 0 saturated heterocycles. The van der Waals surface area contributed by atoms with Crippen LogP contribution in [-0.2, 0) is 10.3 Å². The number of benzene rings is 2. The fourth-order valence-corrected chi connectivity index (χ4v) is 3.11. The summed E-state index contributed by atoms with van der Waals surface area (Å²) in [4.78, 5) is 19.0. The molecule has 2 aromatic rings. The monoisotopic (exact) mass is 397 g/mol. The molecule has 0 bridgehead atoms. The maximum Gasteiger partial charge on any atom is 0.387 e. The van der Waals surface area contributed by atoms with Gasteiger partial charge in [-0.25, -0.2) is 4.99 Å². The van der Waals surface area contributed by atoms with E-state index in [-0.39, 0.29) is 23.5 Å². The van der Waals surface area contributed by atoms with Crippen molar-refractivity contribution in [2.75, 3.05) is 7.05 Å². The third-order valence-corrected chi connectivity index (χ3v) is 4.52. The fraction of sp³-hybridized carbons (Fsp3) is 0.273. The van der Waals surface area contributed by atoms with Gasteiger partial charge in [0.15, 0.2) is 11.5 Å². The maximum absolute atomic E-state index is 13.2. The van der Waals surface area contributed by atoms with E-state index in [0.717, 1.165) is 5.56 Å². The topological polar surface area (TPSA) is 67.9 Å². The Labute approximate surface area is 168 Å². The lowest BCUT2D eigenvalue weighted by Crippen LogP contribution is -2.41. The summed E-state index contributed by atoms with van der Waals surface area (Å²) in [6, 6.07) is 13.1. The molecule has 3 rings (SSSR count). The standard InChI is InChI=1S/C22H21F2N3O2/c1-14(2)7-8-15-5-4-6-17(13-15)22(19(28)27(3)21(25)26-22)16-9-11-18(12-10-16)29-20(23)24/h4-6,9-14,20H,1-3H3,(H2,25,26)/t22-/m0/s1. The largest absolute Gasteiger partial charge is 0.435 e. The minimum atomic E-state index is -2.93. The molecule has 0 saturated carbocycles. The lowest BCUT2D eigenvalue weighted by atomic mass is 9.82.